The van der Waals surface area contributed by atoms with Gasteiger partial charge in [0.1, 0.15) is 0 Å². The largest absolute Gasteiger partial charge is 0.464 e. The number of quaternary nitrogens is 1. The number of aromatic nitrogens is 1. The molecule has 1 aliphatic heterocycles. The van der Waals surface area contributed by atoms with Crippen LogP contribution in [0.3, 0.4) is 0 Å². The highest BCUT2D eigenvalue weighted by Gasteiger charge is 2.26. The standard InChI is InChI=1S/C20H27N3O3/c1-13-8-10-23(11-9-13)12-16(24)21-18-17-14(2)6-5-7-15(17)22(3)19(18)20(25)26-4/h5-7,13H,8-12H2,1-4H3,(H,21,24)/p+1. The van der Waals surface area contributed by atoms with Crippen LogP contribution in [0.2, 0.25) is 0 Å². The van der Waals surface area contributed by atoms with Crippen LogP contribution in [0, 0.1) is 12.8 Å². The summed E-state index contributed by atoms with van der Waals surface area (Å²) in [5, 5.41) is 3.90. The molecule has 0 radical (unpaired) electrons. The monoisotopic (exact) mass is 358 g/mol. The quantitative estimate of drug-likeness (QED) is 0.815. The number of methoxy groups -OCH3 is 1. The number of fused-ring (bicyclic) bond motifs is 1. The fourth-order valence-electron chi connectivity index (χ4n) is 3.88. The van der Waals surface area contributed by atoms with Crippen molar-refractivity contribution < 1.29 is 19.2 Å². The molecule has 0 atom stereocenters. The van der Waals surface area contributed by atoms with Crippen molar-refractivity contribution in [2.24, 2.45) is 13.0 Å². The van der Waals surface area contributed by atoms with Gasteiger partial charge in [-0.1, -0.05) is 19.1 Å². The Balaban J connectivity index is 1.91. The lowest BCUT2D eigenvalue weighted by Crippen LogP contribution is -3.14. The van der Waals surface area contributed by atoms with Crippen molar-refractivity contribution in [2.45, 2.75) is 26.7 Å². The first-order chi connectivity index (χ1) is 12.4. The first-order valence-corrected chi connectivity index (χ1v) is 9.22. The molecule has 0 saturated carbocycles. The van der Waals surface area contributed by atoms with E-state index < -0.39 is 5.97 Å². The number of nitrogens with zero attached hydrogens (tertiary/aromatic N) is 1. The van der Waals surface area contributed by atoms with Crippen LogP contribution >= 0.6 is 0 Å². The van der Waals surface area contributed by atoms with E-state index in [2.05, 4.69) is 12.2 Å². The molecule has 1 aliphatic rings. The van der Waals surface area contributed by atoms with Gasteiger partial charge >= 0.3 is 5.97 Å². The summed E-state index contributed by atoms with van der Waals surface area (Å²) in [6, 6.07) is 5.88. The maximum Gasteiger partial charge on any atom is 0.356 e. The molecule has 0 aliphatic carbocycles. The molecule has 1 saturated heterocycles. The summed E-state index contributed by atoms with van der Waals surface area (Å²) >= 11 is 0. The third-order valence-corrected chi connectivity index (χ3v) is 5.47. The van der Waals surface area contributed by atoms with Crippen molar-refractivity contribution in [1.82, 2.24) is 4.57 Å². The molecule has 6 heteroatoms. The second-order valence-electron chi connectivity index (χ2n) is 7.40. The van der Waals surface area contributed by atoms with Crippen LogP contribution in [0.5, 0.6) is 0 Å². The Kier molecular flexibility index (Phi) is 5.32. The van der Waals surface area contributed by atoms with E-state index in [1.165, 1.54) is 12.0 Å². The predicted molar refractivity (Wildman–Crippen MR) is 102 cm³/mol. The Bertz CT molecular complexity index is 832. The highest BCUT2D eigenvalue weighted by Crippen LogP contribution is 2.33. The van der Waals surface area contributed by atoms with Gasteiger partial charge in [0.2, 0.25) is 0 Å². The molecule has 1 fully saturated rings. The van der Waals surface area contributed by atoms with Crippen molar-refractivity contribution in [2.75, 3.05) is 32.1 Å². The fourth-order valence-corrected chi connectivity index (χ4v) is 3.88. The zero-order chi connectivity index (χ0) is 18.8. The summed E-state index contributed by atoms with van der Waals surface area (Å²) in [6.45, 7) is 6.71. The van der Waals surface area contributed by atoms with E-state index in [1.807, 2.05) is 32.2 Å². The van der Waals surface area contributed by atoms with Gasteiger partial charge in [-0.15, -0.1) is 0 Å². The summed E-state index contributed by atoms with van der Waals surface area (Å²) < 4.78 is 6.75. The predicted octanol–water partition coefficient (Wildman–Crippen LogP) is 1.53. The molecule has 0 bridgehead atoms. The minimum absolute atomic E-state index is 0.0598. The van der Waals surface area contributed by atoms with Crippen LogP contribution in [0.4, 0.5) is 5.69 Å². The van der Waals surface area contributed by atoms with Gasteiger partial charge in [-0.05, 0) is 37.3 Å². The van der Waals surface area contributed by atoms with Crippen molar-refractivity contribution in [1.29, 1.82) is 0 Å². The zero-order valence-electron chi connectivity index (χ0n) is 16.0. The van der Waals surface area contributed by atoms with Crippen LogP contribution in [0.15, 0.2) is 18.2 Å². The number of hydrogen-bond acceptors (Lipinski definition) is 3. The molecule has 2 heterocycles. The zero-order valence-corrected chi connectivity index (χ0v) is 16.0. The Labute approximate surface area is 154 Å². The van der Waals surface area contributed by atoms with Gasteiger partial charge in [-0.3, -0.25) is 4.79 Å². The van der Waals surface area contributed by atoms with Crippen LogP contribution in [0.1, 0.15) is 35.8 Å². The molecule has 2 aromatic rings. The molecule has 0 spiro atoms. The van der Waals surface area contributed by atoms with Crippen LogP contribution in [-0.4, -0.2) is 43.2 Å². The van der Waals surface area contributed by atoms with Crippen LogP contribution < -0.4 is 10.2 Å². The number of carbonyl (C=O) groups excluding carboxylic acids is 2. The maximum atomic E-state index is 12.7. The van der Waals surface area contributed by atoms with E-state index >= 15 is 0 Å². The summed E-state index contributed by atoms with van der Waals surface area (Å²) in [4.78, 5) is 26.3. The minimum atomic E-state index is -0.447. The summed E-state index contributed by atoms with van der Waals surface area (Å²) in [5.41, 5.74) is 2.86. The first-order valence-electron chi connectivity index (χ1n) is 9.22. The number of anilines is 1. The van der Waals surface area contributed by atoms with Crippen LogP contribution in [-0.2, 0) is 16.6 Å². The van der Waals surface area contributed by atoms with Gasteiger partial charge < -0.3 is 19.5 Å². The van der Waals surface area contributed by atoms with E-state index in [4.69, 9.17) is 4.74 Å². The Morgan fingerprint density at radius 3 is 2.65 bits per heavy atom. The molecule has 0 unspecified atom stereocenters. The number of aryl methyl sites for hydroxylation is 2. The molecular formula is C20H28N3O3+. The van der Waals surface area contributed by atoms with Crippen LogP contribution in [0.25, 0.3) is 10.9 Å². The number of piperidine rings is 1. The second kappa shape index (κ2) is 7.50. The SMILES string of the molecule is COC(=O)c1c(NC(=O)C[NH+]2CCC(C)CC2)c2c(C)cccc2n1C. The summed E-state index contributed by atoms with van der Waals surface area (Å²) in [6.07, 6.45) is 2.31. The van der Waals surface area contributed by atoms with Gasteiger partial charge in [0.05, 0.1) is 31.4 Å². The molecule has 6 nitrogen and oxygen atoms in total. The molecule has 1 amide bonds. The molecule has 140 valence electrons. The van der Waals surface area contributed by atoms with E-state index in [-0.39, 0.29) is 5.91 Å². The smallest absolute Gasteiger partial charge is 0.356 e. The fraction of sp³-hybridized carbons (Fsp3) is 0.500. The van der Waals surface area contributed by atoms with Gasteiger partial charge in [-0.2, -0.15) is 0 Å². The maximum absolute atomic E-state index is 12.7. The van der Waals surface area contributed by atoms with E-state index in [0.29, 0.717) is 17.9 Å². The van der Waals surface area contributed by atoms with Crippen molar-refractivity contribution in [3.63, 3.8) is 0 Å². The van der Waals surface area contributed by atoms with Crippen molar-refractivity contribution in [3.05, 3.63) is 29.5 Å². The highest BCUT2D eigenvalue weighted by molar-refractivity contribution is 6.12. The number of carbonyl (C=O) groups is 2. The molecule has 1 aromatic heterocycles. The topological polar surface area (TPSA) is 64.8 Å². The lowest BCUT2D eigenvalue weighted by molar-refractivity contribution is -0.897. The van der Waals surface area contributed by atoms with E-state index in [0.717, 1.165) is 48.3 Å². The highest BCUT2D eigenvalue weighted by atomic mass is 16.5. The molecular weight excluding hydrogens is 330 g/mol. The van der Waals surface area contributed by atoms with Gasteiger partial charge in [0.25, 0.3) is 5.91 Å². The average molecular weight is 358 g/mol. The number of nitrogens with one attached hydrogen (secondary N) is 2. The van der Waals surface area contributed by atoms with Gasteiger partial charge in [-0.25, -0.2) is 4.79 Å². The van der Waals surface area contributed by atoms with E-state index in [1.54, 1.807) is 4.57 Å². The molecule has 26 heavy (non-hydrogen) atoms. The molecule has 2 N–H and O–H groups in total. The Morgan fingerprint density at radius 2 is 2.00 bits per heavy atom. The second-order valence-corrected chi connectivity index (χ2v) is 7.40. The number of amides is 1. The summed E-state index contributed by atoms with van der Waals surface area (Å²) in [7, 11) is 3.18. The minimum Gasteiger partial charge on any atom is -0.464 e. The third kappa shape index (κ3) is 3.46. The van der Waals surface area contributed by atoms with Crippen molar-refractivity contribution in [3.8, 4) is 0 Å². The molecule has 3 rings (SSSR count). The number of rotatable bonds is 4. The number of benzene rings is 1. The Hall–Kier alpha value is -2.34. The lowest BCUT2D eigenvalue weighted by Gasteiger charge is -2.26. The first kappa shape index (κ1) is 18.5. The van der Waals surface area contributed by atoms with Crippen molar-refractivity contribution >= 4 is 28.5 Å². The van der Waals surface area contributed by atoms with E-state index in [9.17, 15) is 9.59 Å². The number of likely N-dealkylation sites (tertiary alicyclic amines) is 1. The van der Waals surface area contributed by atoms with Gasteiger partial charge in [0, 0.05) is 12.4 Å². The Morgan fingerprint density at radius 1 is 1.31 bits per heavy atom. The number of esters is 1. The molecule has 1 aromatic carbocycles. The normalized spacial score (nSPS) is 20.2. The average Bonchev–Trinajstić information content (AvgIpc) is 2.89. The number of ether oxygens (including phenoxy) is 1. The summed E-state index contributed by atoms with van der Waals surface area (Å²) in [5.74, 6) is 0.237. The lowest BCUT2D eigenvalue weighted by atomic mass is 9.99. The number of hydrogen-bond donors (Lipinski definition) is 2. The third-order valence-electron chi connectivity index (χ3n) is 5.47. The van der Waals surface area contributed by atoms with Gasteiger partial charge in [0.15, 0.2) is 12.2 Å².